The molecule has 0 saturated carbocycles. The van der Waals surface area contributed by atoms with Crippen molar-refractivity contribution in [1.82, 2.24) is 0 Å². The number of hydrogen-bond donors (Lipinski definition) is 0. The molecule has 0 saturated heterocycles. The Kier molecular flexibility index (Phi) is 3.52. The van der Waals surface area contributed by atoms with Crippen LogP contribution in [0.15, 0.2) is 52.9 Å². The molecule has 0 aliphatic carbocycles. The first-order valence-corrected chi connectivity index (χ1v) is 6.58. The lowest BCUT2D eigenvalue weighted by atomic mass is 10.2. The highest BCUT2D eigenvalue weighted by Gasteiger charge is 2.07. The van der Waals surface area contributed by atoms with E-state index in [0.29, 0.717) is 23.1 Å². The van der Waals surface area contributed by atoms with E-state index in [1.807, 2.05) is 42.5 Å². The minimum atomic E-state index is 0.340. The summed E-state index contributed by atoms with van der Waals surface area (Å²) in [5, 5.41) is 1.66. The molecule has 0 spiro atoms. The van der Waals surface area contributed by atoms with Crippen LogP contribution in [0.3, 0.4) is 0 Å². The maximum atomic E-state index is 5.93. The van der Waals surface area contributed by atoms with Crippen molar-refractivity contribution in [3.63, 3.8) is 0 Å². The molecule has 0 atom stereocenters. The van der Waals surface area contributed by atoms with Crippen LogP contribution in [0.1, 0.15) is 5.76 Å². The Hall–Kier alpha value is -2.13. The standard InChI is InChI=1S/C16H13ClO3/c1-18-14-4-2-3-5-15(14)19-10-13-8-11-6-7-12(17)9-16(11)20-13/h2-9H,10H2,1H3. The molecule has 0 bridgehead atoms. The van der Waals surface area contributed by atoms with Crippen LogP contribution >= 0.6 is 11.6 Å². The quantitative estimate of drug-likeness (QED) is 0.699. The highest BCUT2D eigenvalue weighted by molar-refractivity contribution is 6.31. The number of benzene rings is 2. The fraction of sp³-hybridized carbons (Fsp3) is 0.125. The van der Waals surface area contributed by atoms with Gasteiger partial charge in [0.05, 0.1) is 7.11 Å². The highest BCUT2D eigenvalue weighted by Crippen LogP contribution is 2.28. The summed E-state index contributed by atoms with van der Waals surface area (Å²) in [5.74, 6) is 2.13. The fourth-order valence-electron chi connectivity index (χ4n) is 2.02. The van der Waals surface area contributed by atoms with Gasteiger partial charge in [-0.2, -0.15) is 0 Å². The molecule has 20 heavy (non-hydrogen) atoms. The van der Waals surface area contributed by atoms with E-state index in [2.05, 4.69) is 0 Å². The number of ether oxygens (including phenoxy) is 2. The van der Waals surface area contributed by atoms with Gasteiger partial charge >= 0.3 is 0 Å². The third-order valence-corrected chi connectivity index (χ3v) is 3.21. The first-order chi connectivity index (χ1) is 9.76. The number of methoxy groups -OCH3 is 1. The van der Waals surface area contributed by atoms with Gasteiger partial charge in [-0.25, -0.2) is 0 Å². The van der Waals surface area contributed by atoms with Crippen LogP contribution in [-0.4, -0.2) is 7.11 Å². The summed E-state index contributed by atoms with van der Waals surface area (Å²) in [6.45, 7) is 0.340. The molecule has 102 valence electrons. The molecule has 0 unspecified atom stereocenters. The van der Waals surface area contributed by atoms with E-state index >= 15 is 0 Å². The molecule has 0 aliphatic heterocycles. The third kappa shape index (κ3) is 2.58. The number of para-hydroxylation sites is 2. The normalized spacial score (nSPS) is 10.7. The van der Waals surface area contributed by atoms with Crippen molar-refractivity contribution in [2.75, 3.05) is 7.11 Å². The first-order valence-electron chi connectivity index (χ1n) is 6.20. The molecule has 3 rings (SSSR count). The molecule has 0 fully saturated rings. The van der Waals surface area contributed by atoms with Crippen molar-refractivity contribution in [2.45, 2.75) is 6.61 Å². The zero-order chi connectivity index (χ0) is 13.9. The van der Waals surface area contributed by atoms with E-state index in [4.69, 9.17) is 25.5 Å². The van der Waals surface area contributed by atoms with Gasteiger partial charge in [-0.05, 0) is 30.3 Å². The lowest BCUT2D eigenvalue weighted by Gasteiger charge is -2.08. The van der Waals surface area contributed by atoms with Gasteiger partial charge in [0.2, 0.25) is 0 Å². The van der Waals surface area contributed by atoms with Crippen LogP contribution in [0.5, 0.6) is 11.5 Å². The number of halogens is 1. The van der Waals surface area contributed by atoms with Crippen molar-refractivity contribution in [3.8, 4) is 11.5 Å². The van der Waals surface area contributed by atoms with E-state index in [1.54, 1.807) is 13.2 Å². The van der Waals surface area contributed by atoms with Crippen molar-refractivity contribution >= 4 is 22.6 Å². The smallest absolute Gasteiger partial charge is 0.161 e. The lowest BCUT2D eigenvalue weighted by Crippen LogP contribution is -1.96. The van der Waals surface area contributed by atoms with Crippen LogP contribution in [0.25, 0.3) is 11.0 Å². The van der Waals surface area contributed by atoms with E-state index in [0.717, 1.165) is 16.7 Å². The maximum absolute atomic E-state index is 5.93. The minimum Gasteiger partial charge on any atom is -0.493 e. The first kappa shape index (κ1) is 12.9. The summed E-state index contributed by atoms with van der Waals surface area (Å²) >= 11 is 5.93. The Bertz CT molecular complexity index is 733. The summed E-state index contributed by atoms with van der Waals surface area (Å²) in [6.07, 6.45) is 0. The molecule has 0 amide bonds. The number of hydrogen-bond acceptors (Lipinski definition) is 3. The minimum absolute atomic E-state index is 0.340. The Morgan fingerprint density at radius 1 is 1.05 bits per heavy atom. The second kappa shape index (κ2) is 5.47. The van der Waals surface area contributed by atoms with Gasteiger partial charge in [-0.15, -0.1) is 0 Å². The van der Waals surface area contributed by atoms with Crippen LogP contribution in [-0.2, 0) is 6.61 Å². The van der Waals surface area contributed by atoms with Gasteiger partial charge in [0.15, 0.2) is 11.5 Å². The lowest BCUT2D eigenvalue weighted by molar-refractivity contribution is 0.259. The highest BCUT2D eigenvalue weighted by atomic mass is 35.5. The van der Waals surface area contributed by atoms with Gasteiger partial charge in [-0.3, -0.25) is 0 Å². The average Bonchev–Trinajstić information content (AvgIpc) is 2.87. The molecule has 0 aliphatic rings. The monoisotopic (exact) mass is 288 g/mol. The van der Waals surface area contributed by atoms with Crippen LogP contribution in [0.4, 0.5) is 0 Å². The van der Waals surface area contributed by atoms with Gasteiger partial charge in [0.1, 0.15) is 18.0 Å². The molecule has 3 aromatic rings. The summed E-state index contributed by atoms with van der Waals surface area (Å²) in [4.78, 5) is 0. The van der Waals surface area contributed by atoms with E-state index < -0.39 is 0 Å². The summed E-state index contributed by atoms with van der Waals surface area (Å²) < 4.78 is 16.7. The average molecular weight is 289 g/mol. The summed E-state index contributed by atoms with van der Waals surface area (Å²) in [7, 11) is 1.62. The van der Waals surface area contributed by atoms with Gasteiger partial charge < -0.3 is 13.9 Å². The molecule has 1 heterocycles. The second-order valence-corrected chi connectivity index (χ2v) is 4.77. The van der Waals surface area contributed by atoms with Crippen LogP contribution in [0, 0.1) is 0 Å². The molecule has 2 aromatic carbocycles. The van der Waals surface area contributed by atoms with E-state index in [9.17, 15) is 0 Å². The second-order valence-electron chi connectivity index (χ2n) is 4.33. The van der Waals surface area contributed by atoms with E-state index in [-0.39, 0.29) is 0 Å². The third-order valence-electron chi connectivity index (χ3n) is 2.97. The molecular formula is C16H13ClO3. The topological polar surface area (TPSA) is 31.6 Å². The number of rotatable bonds is 4. The maximum Gasteiger partial charge on any atom is 0.161 e. The fourth-order valence-corrected chi connectivity index (χ4v) is 2.18. The Morgan fingerprint density at radius 2 is 1.85 bits per heavy atom. The van der Waals surface area contributed by atoms with Crippen molar-refractivity contribution in [2.24, 2.45) is 0 Å². The van der Waals surface area contributed by atoms with Crippen molar-refractivity contribution in [3.05, 3.63) is 59.3 Å². The zero-order valence-corrected chi connectivity index (χ0v) is 11.7. The predicted octanol–water partition coefficient (Wildman–Crippen LogP) is 4.67. The largest absolute Gasteiger partial charge is 0.493 e. The summed E-state index contributed by atoms with van der Waals surface area (Å²) in [6, 6.07) is 15.0. The zero-order valence-electron chi connectivity index (χ0n) is 10.9. The van der Waals surface area contributed by atoms with Gasteiger partial charge in [0, 0.05) is 16.5 Å². The Labute approximate surface area is 121 Å². The van der Waals surface area contributed by atoms with Gasteiger partial charge in [0.25, 0.3) is 0 Å². The van der Waals surface area contributed by atoms with Crippen molar-refractivity contribution in [1.29, 1.82) is 0 Å². The van der Waals surface area contributed by atoms with Crippen LogP contribution in [0.2, 0.25) is 5.02 Å². The van der Waals surface area contributed by atoms with Crippen molar-refractivity contribution < 1.29 is 13.9 Å². The molecule has 0 N–H and O–H groups in total. The Morgan fingerprint density at radius 3 is 2.65 bits per heavy atom. The number of fused-ring (bicyclic) bond motifs is 1. The Balaban J connectivity index is 1.79. The molecule has 3 nitrogen and oxygen atoms in total. The molecular weight excluding hydrogens is 276 g/mol. The molecule has 4 heteroatoms. The summed E-state index contributed by atoms with van der Waals surface area (Å²) in [5.41, 5.74) is 0.760. The predicted molar refractivity (Wildman–Crippen MR) is 78.6 cm³/mol. The van der Waals surface area contributed by atoms with E-state index in [1.165, 1.54) is 0 Å². The van der Waals surface area contributed by atoms with Gasteiger partial charge in [-0.1, -0.05) is 23.7 Å². The SMILES string of the molecule is COc1ccccc1OCc1cc2ccc(Cl)cc2o1. The number of furan rings is 1. The molecule has 1 aromatic heterocycles. The van der Waals surface area contributed by atoms with Crippen LogP contribution < -0.4 is 9.47 Å². The molecule has 0 radical (unpaired) electrons.